The molecule has 1 amide bonds. The molecule has 1 aliphatic heterocycles. The summed E-state index contributed by atoms with van der Waals surface area (Å²) in [7, 11) is -1.96. The summed E-state index contributed by atoms with van der Waals surface area (Å²) in [5.74, 6) is 0.244. The molecule has 2 N–H and O–H groups in total. The second-order valence-corrected chi connectivity index (χ2v) is 10.3. The number of rotatable bonds is 5. The summed E-state index contributed by atoms with van der Waals surface area (Å²) in [5.41, 5.74) is 0.992. The van der Waals surface area contributed by atoms with Crippen LogP contribution in [0.15, 0.2) is 51.8 Å². The lowest BCUT2D eigenvalue weighted by atomic mass is 10.2. The molecule has 166 valence electrons. The van der Waals surface area contributed by atoms with E-state index < -0.39 is 10.0 Å². The molecule has 0 spiro atoms. The Morgan fingerprint density at radius 3 is 2.29 bits per heavy atom. The standard InChI is InChI=1S/C21H24BrN3O4S2/c1-29-19-11-6-15(14-18(19)22)20(26)24-21(30)23-16-7-9-17(10-8-16)31(27,28)25-12-4-2-3-5-13-25/h6-11,14H,2-5,12-13H2,1H3,(H2,23,24,26,30). The summed E-state index contributed by atoms with van der Waals surface area (Å²) in [5, 5.41) is 5.62. The minimum absolute atomic E-state index is 0.111. The molecule has 0 bridgehead atoms. The van der Waals surface area contributed by atoms with Gasteiger partial charge in [0.2, 0.25) is 10.0 Å². The maximum atomic E-state index is 12.9. The lowest BCUT2D eigenvalue weighted by Crippen LogP contribution is -2.34. The molecule has 0 radical (unpaired) electrons. The number of halogens is 1. The average molecular weight is 526 g/mol. The number of hydrogen-bond donors (Lipinski definition) is 2. The number of nitrogens with zero attached hydrogens (tertiary/aromatic N) is 1. The Kier molecular flexibility index (Phi) is 8.04. The second kappa shape index (κ2) is 10.5. The van der Waals surface area contributed by atoms with Crippen LogP contribution in [0.1, 0.15) is 36.0 Å². The Morgan fingerprint density at radius 1 is 1.06 bits per heavy atom. The third kappa shape index (κ3) is 6.03. The first-order valence-corrected chi connectivity index (χ1v) is 12.5. The fourth-order valence-electron chi connectivity index (χ4n) is 3.29. The van der Waals surface area contributed by atoms with Crippen molar-refractivity contribution in [2.45, 2.75) is 30.6 Å². The van der Waals surface area contributed by atoms with Crippen molar-refractivity contribution < 1.29 is 17.9 Å². The van der Waals surface area contributed by atoms with E-state index >= 15 is 0 Å². The van der Waals surface area contributed by atoms with E-state index in [1.165, 1.54) is 0 Å². The van der Waals surface area contributed by atoms with Crippen LogP contribution in [0.4, 0.5) is 5.69 Å². The van der Waals surface area contributed by atoms with Crippen LogP contribution >= 0.6 is 28.1 Å². The zero-order valence-electron chi connectivity index (χ0n) is 17.1. The molecule has 2 aromatic rings. The summed E-state index contributed by atoms with van der Waals surface area (Å²) in [4.78, 5) is 12.6. The zero-order valence-corrected chi connectivity index (χ0v) is 20.3. The molecular formula is C21H24BrN3O4S2. The van der Waals surface area contributed by atoms with Crippen LogP contribution in [0.5, 0.6) is 5.75 Å². The Balaban J connectivity index is 1.62. The maximum Gasteiger partial charge on any atom is 0.257 e. The molecule has 0 unspecified atom stereocenters. The van der Waals surface area contributed by atoms with Crippen molar-refractivity contribution in [3.63, 3.8) is 0 Å². The van der Waals surface area contributed by atoms with E-state index in [4.69, 9.17) is 17.0 Å². The van der Waals surface area contributed by atoms with Crippen LogP contribution in [0, 0.1) is 0 Å². The normalized spacial score (nSPS) is 15.0. The van der Waals surface area contributed by atoms with Gasteiger partial charge in [-0.1, -0.05) is 12.8 Å². The highest BCUT2D eigenvalue weighted by Crippen LogP contribution is 2.25. The van der Waals surface area contributed by atoms with Crippen molar-refractivity contribution in [2.75, 3.05) is 25.5 Å². The largest absolute Gasteiger partial charge is 0.496 e. The molecular weight excluding hydrogens is 502 g/mol. The van der Waals surface area contributed by atoms with Crippen LogP contribution < -0.4 is 15.4 Å². The number of thiocarbonyl (C=S) groups is 1. The topological polar surface area (TPSA) is 87.7 Å². The van der Waals surface area contributed by atoms with Crippen molar-refractivity contribution in [3.8, 4) is 5.75 Å². The summed E-state index contributed by atoms with van der Waals surface area (Å²) >= 11 is 8.56. The van der Waals surface area contributed by atoms with Crippen molar-refractivity contribution in [1.29, 1.82) is 0 Å². The maximum absolute atomic E-state index is 12.9. The number of ether oxygens (including phenoxy) is 1. The second-order valence-electron chi connectivity index (χ2n) is 7.10. The monoisotopic (exact) mass is 525 g/mol. The summed E-state index contributed by atoms with van der Waals surface area (Å²) in [6, 6.07) is 11.3. The molecule has 1 fully saturated rings. The lowest BCUT2D eigenvalue weighted by Gasteiger charge is -2.20. The van der Waals surface area contributed by atoms with E-state index in [0.717, 1.165) is 25.7 Å². The van der Waals surface area contributed by atoms with E-state index in [0.29, 0.717) is 34.6 Å². The lowest BCUT2D eigenvalue weighted by molar-refractivity contribution is 0.0977. The van der Waals surface area contributed by atoms with Gasteiger partial charge in [0.15, 0.2) is 5.11 Å². The molecule has 7 nitrogen and oxygen atoms in total. The van der Waals surface area contributed by atoms with E-state index in [-0.39, 0.29) is 15.9 Å². The number of hydrogen-bond acceptors (Lipinski definition) is 5. The predicted octanol–water partition coefficient (Wildman–Crippen LogP) is 4.15. The molecule has 1 heterocycles. The summed E-state index contributed by atoms with van der Waals surface area (Å²) < 4.78 is 33.1. The van der Waals surface area contributed by atoms with E-state index in [2.05, 4.69) is 26.6 Å². The first-order chi connectivity index (χ1) is 14.8. The first kappa shape index (κ1) is 23.6. The Hall–Kier alpha value is -2.01. The van der Waals surface area contributed by atoms with Crippen molar-refractivity contribution >= 4 is 54.9 Å². The third-order valence-corrected chi connectivity index (χ3v) is 7.69. The van der Waals surface area contributed by atoms with Gasteiger partial charge >= 0.3 is 0 Å². The van der Waals surface area contributed by atoms with Crippen molar-refractivity contribution in [3.05, 3.63) is 52.5 Å². The number of methoxy groups -OCH3 is 1. The molecule has 0 saturated carbocycles. The predicted molar refractivity (Wildman–Crippen MR) is 128 cm³/mol. The molecule has 10 heteroatoms. The number of amides is 1. The van der Waals surface area contributed by atoms with E-state index in [1.54, 1.807) is 53.9 Å². The molecule has 1 saturated heterocycles. The number of anilines is 1. The van der Waals surface area contributed by atoms with Gasteiger partial charge in [0.05, 0.1) is 16.5 Å². The van der Waals surface area contributed by atoms with Gasteiger partial charge in [-0.2, -0.15) is 4.31 Å². The quantitative estimate of drug-likeness (QED) is 0.570. The highest BCUT2D eigenvalue weighted by atomic mass is 79.9. The van der Waals surface area contributed by atoms with Gasteiger partial charge in [-0.15, -0.1) is 0 Å². The summed E-state index contributed by atoms with van der Waals surface area (Å²) in [6.45, 7) is 1.11. The molecule has 1 aliphatic rings. The van der Waals surface area contributed by atoms with E-state index in [9.17, 15) is 13.2 Å². The fourth-order valence-corrected chi connectivity index (χ4v) is 5.55. The van der Waals surface area contributed by atoms with Gasteiger partial charge in [0.1, 0.15) is 5.75 Å². The Morgan fingerprint density at radius 2 is 1.71 bits per heavy atom. The van der Waals surface area contributed by atoms with Crippen molar-refractivity contribution in [1.82, 2.24) is 9.62 Å². The number of sulfonamides is 1. The molecule has 31 heavy (non-hydrogen) atoms. The molecule has 0 aliphatic carbocycles. The molecule has 0 aromatic heterocycles. The number of benzene rings is 2. The molecule has 0 atom stereocenters. The van der Waals surface area contributed by atoms with Crippen LogP contribution in [0.3, 0.4) is 0 Å². The van der Waals surface area contributed by atoms with Gasteiger partial charge in [-0.05, 0) is 83.5 Å². The van der Waals surface area contributed by atoms with Crippen LogP contribution in [-0.4, -0.2) is 43.9 Å². The van der Waals surface area contributed by atoms with Gasteiger partial charge in [0.25, 0.3) is 5.91 Å². The van der Waals surface area contributed by atoms with Crippen molar-refractivity contribution in [2.24, 2.45) is 0 Å². The fraction of sp³-hybridized carbons (Fsp3) is 0.333. The van der Waals surface area contributed by atoms with Gasteiger partial charge in [0, 0.05) is 24.3 Å². The van der Waals surface area contributed by atoms with E-state index in [1.807, 2.05) is 0 Å². The SMILES string of the molecule is COc1ccc(C(=O)NC(=S)Nc2ccc(S(=O)(=O)N3CCCCCC3)cc2)cc1Br. The highest BCUT2D eigenvalue weighted by Gasteiger charge is 2.25. The van der Waals surface area contributed by atoms with Gasteiger partial charge in [-0.25, -0.2) is 8.42 Å². The smallest absolute Gasteiger partial charge is 0.257 e. The number of nitrogens with one attached hydrogen (secondary N) is 2. The van der Waals surface area contributed by atoms with Crippen LogP contribution in [-0.2, 0) is 10.0 Å². The average Bonchev–Trinajstić information content (AvgIpc) is 3.04. The molecule has 3 rings (SSSR count). The minimum Gasteiger partial charge on any atom is -0.496 e. The Labute approximate surface area is 196 Å². The van der Waals surface area contributed by atoms with Gasteiger partial charge < -0.3 is 10.1 Å². The first-order valence-electron chi connectivity index (χ1n) is 9.87. The highest BCUT2D eigenvalue weighted by molar-refractivity contribution is 9.10. The zero-order chi connectivity index (χ0) is 22.4. The number of carbonyl (C=O) groups excluding carboxylic acids is 1. The number of carbonyl (C=O) groups is 1. The Bertz CT molecular complexity index is 1050. The van der Waals surface area contributed by atoms with Crippen LogP contribution in [0.2, 0.25) is 0 Å². The minimum atomic E-state index is -3.51. The van der Waals surface area contributed by atoms with Gasteiger partial charge in [-0.3, -0.25) is 10.1 Å². The third-order valence-electron chi connectivity index (χ3n) is 4.96. The summed E-state index contributed by atoms with van der Waals surface area (Å²) in [6.07, 6.45) is 3.90. The van der Waals surface area contributed by atoms with Crippen LogP contribution in [0.25, 0.3) is 0 Å². The molecule has 2 aromatic carbocycles.